The molecule has 3 heterocycles. The fraction of sp³-hybridized carbons (Fsp3) is 0.0870. The number of carbonyl (C=O) groups excluding carboxylic acids is 2. The molecule has 8 heteroatoms. The predicted octanol–water partition coefficient (Wildman–Crippen LogP) is 1.91. The number of amidine groups is 1. The molecule has 1 N–H and O–H groups in total. The quantitative estimate of drug-likeness (QED) is 0.262. The molecule has 0 saturated heterocycles. The van der Waals surface area contributed by atoms with Gasteiger partial charge in [-0.2, -0.15) is 0 Å². The third-order valence-electron chi connectivity index (χ3n) is 5.65. The third kappa shape index (κ3) is 3.57. The standard InChI is InChI=1S/C23H18N3O2SiTe2/c1-29(2)18-9-5-3-7-16(18)26(17-8-4-6-10-19(17)29)20-12-11-14(31-20)13-15-21(27)24-23(30)25-22(15)28/h3-13H,1-2H3,(H,24,25,27,28). The van der Waals surface area contributed by atoms with Crippen LogP contribution in [0.5, 0.6) is 0 Å². The van der Waals surface area contributed by atoms with Gasteiger partial charge in [0.05, 0.1) is 0 Å². The van der Waals surface area contributed by atoms with Gasteiger partial charge in [0, 0.05) is 0 Å². The van der Waals surface area contributed by atoms with Crippen LogP contribution in [0.3, 0.4) is 0 Å². The molecule has 2 aliphatic rings. The van der Waals surface area contributed by atoms with Crippen LogP contribution in [0, 0.1) is 0 Å². The first kappa shape index (κ1) is 20.9. The van der Waals surface area contributed by atoms with Crippen molar-refractivity contribution in [3.05, 3.63) is 69.8 Å². The van der Waals surface area contributed by atoms with Crippen LogP contribution in [-0.2, 0) is 9.59 Å². The van der Waals surface area contributed by atoms with Gasteiger partial charge in [-0.3, -0.25) is 0 Å². The van der Waals surface area contributed by atoms with Crippen molar-refractivity contribution in [2.75, 3.05) is 4.90 Å². The van der Waals surface area contributed by atoms with Gasteiger partial charge in [0.25, 0.3) is 0 Å². The molecule has 0 bridgehead atoms. The van der Waals surface area contributed by atoms with Crippen molar-refractivity contribution >= 4 is 98.0 Å². The van der Waals surface area contributed by atoms with Crippen LogP contribution >= 0.6 is 0 Å². The Balaban J connectivity index is 1.62. The van der Waals surface area contributed by atoms with Gasteiger partial charge in [-0.25, -0.2) is 0 Å². The monoisotopic (exact) mass is 656 g/mol. The van der Waals surface area contributed by atoms with E-state index in [9.17, 15) is 9.59 Å². The molecule has 0 saturated carbocycles. The van der Waals surface area contributed by atoms with E-state index in [-0.39, 0.29) is 11.5 Å². The number of nitrogens with zero attached hydrogens (tertiary/aromatic N) is 2. The average Bonchev–Trinajstić information content (AvgIpc) is 3.19. The Kier molecular flexibility index (Phi) is 5.33. The summed E-state index contributed by atoms with van der Waals surface area (Å²) in [6.07, 6.45) is 1.72. The van der Waals surface area contributed by atoms with Crippen LogP contribution in [-0.4, -0.2) is 66.5 Å². The SMILES string of the molecule is C[Si]1(C)c2ccccc2N(c2ccc(/C=C3/C(=O)N=C([Te])NC3=O)[te]2)c2ccccc21. The fourth-order valence-electron chi connectivity index (χ4n) is 4.16. The summed E-state index contributed by atoms with van der Waals surface area (Å²) in [5, 5.41) is 5.50. The summed E-state index contributed by atoms with van der Waals surface area (Å²) in [5.41, 5.74) is 2.62. The van der Waals surface area contributed by atoms with Gasteiger partial charge in [-0.15, -0.1) is 0 Å². The van der Waals surface area contributed by atoms with Crippen molar-refractivity contribution in [3.63, 3.8) is 0 Å². The molecule has 2 aromatic carbocycles. The molecular formula is C23H18N3O2SiTe2. The van der Waals surface area contributed by atoms with E-state index in [1.807, 2.05) is 6.07 Å². The normalized spacial score (nSPS) is 18.3. The molecule has 2 aliphatic heterocycles. The maximum absolute atomic E-state index is 12.3. The van der Waals surface area contributed by atoms with Gasteiger partial charge >= 0.3 is 206 Å². The first-order chi connectivity index (χ1) is 14.9. The van der Waals surface area contributed by atoms with Gasteiger partial charge < -0.3 is 0 Å². The fourth-order valence-corrected chi connectivity index (χ4v) is 10.4. The Morgan fingerprint density at radius 1 is 0.968 bits per heavy atom. The summed E-state index contributed by atoms with van der Waals surface area (Å²) < 4.78 is 2.66. The zero-order chi connectivity index (χ0) is 21.8. The van der Waals surface area contributed by atoms with Crippen molar-refractivity contribution in [3.8, 4) is 0 Å². The molecule has 0 aliphatic carbocycles. The Morgan fingerprint density at radius 2 is 1.58 bits per heavy atom. The molecule has 153 valence electrons. The second-order valence-corrected chi connectivity index (χ2v) is 16.5. The Bertz CT molecular complexity index is 1260. The molecule has 5 nitrogen and oxygen atoms in total. The first-order valence-corrected chi connectivity index (χ1v) is 16.3. The molecular weight excluding hydrogens is 634 g/mol. The summed E-state index contributed by atoms with van der Waals surface area (Å²) in [6, 6.07) is 21.6. The van der Waals surface area contributed by atoms with E-state index in [2.05, 4.69) is 82.9 Å². The maximum atomic E-state index is 12.3. The van der Waals surface area contributed by atoms with Gasteiger partial charge in [0.1, 0.15) is 0 Å². The molecule has 1 aromatic heterocycles. The number of fused-ring (bicyclic) bond motifs is 2. The second-order valence-electron chi connectivity index (χ2n) is 7.90. The van der Waals surface area contributed by atoms with Crippen molar-refractivity contribution in [1.29, 1.82) is 0 Å². The molecule has 5 rings (SSSR count). The van der Waals surface area contributed by atoms with E-state index in [4.69, 9.17) is 0 Å². The number of hydrogen-bond acceptors (Lipinski definition) is 3. The molecule has 0 atom stereocenters. The van der Waals surface area contributed by atoms with Crippen LogP contribution in [0.2, 0.25) is 13.1 Å². The Labute approximate surface area is 204 Å². The average molecular weight is 652 g/mol. The van der Waals surface area contributed by atoms with Crippen molar-refractivity contribution in [2.45, 2.75) is 13.1 Å². The number of aliphatic imine (C=N–C) groups is 1. The van der Waals surface area contributed by atoms with Gasteiger partial charge in [-0.05, 0) is 0 Å². The zero-order valence-corrected chi connectivity index (χ0v) is 22.5. The van der Waals surface area contributed by atoms with Gasteiger partial charge in [0.2, 0.25) is 0 Å². The number of benzene rings is 2. The summed E-state index contributed by atoms with van der Waals surface area (Å²) in [7, 11) is -1.80. The summed E-state index contributed by atoms with van der Waals surface area (Å²) in [5.74, 6) is -0.837. The Hall–Kier alpha value is -1.93. The summed E-state index contributed by atoms with van der Waals surface area (Å²) in [4.78, 5) is 30.8. The van der Waals surface area contributed by atoms with E-state index >= 15 is 0 Å². The number of amides is 2. The number of para-hydroxylation sites is 2. The number of hydrogen-bond donors (Lipinski definition) is 1. The van der Waals surface area contributed by atoms with Gasteiger partial charge in [0.15, 0.2) is 0 Å². The molecule has 0 fully saturated rings. The topological polar surface area (TPSA) is 61.8 Å². The van der Waals surface area contributed by atoms with Crippen molar-refractivity contribution in [1.82, 2.24) is 5.32 Å². The van der Waals surface area contributed by atoms with E-state index in [1.165, 1.54) is 47.7 Å². The van der Waals surface area contributed by atoms with Crippen LogP contribution in [0.4, 0.5) is 15.1 Å². The van der Waals surface area contributed by atoms with Crippen molar-refractivity contribution < 1.29 is 9.59 Å². The number of nitrogens with one attached hydrogen (secondary N) is 1. The molecule has 1 radical (unpaired) electrons. The first-order valence-electron chi connectivity index (χ1n) is 9.78. The second kappa shape index (κ2) is 7.88. The summed E-state index contributed by atoms with van der Waals surface area (Å²) in [6.45, 7) is 4.82. The molecule has 0 unspecified atom stereocenters. The van der Waals surface area contributed by atoms with Crippen LogP contribution < -0.4 is 20.6 Å². The number of rotatable bonds is 2. The van der Waals surface area contributed by atoms with E-state index in [0.717, 1.165) is 3.58 Å². The summed E-state index contributed by atoms with van der Waals surface area (Å²) >= 11 is 0.752. The molecule has 31 heavy (non-hydrogen) atoms. The van der Waals surface area contributed by atoms with E-state index in [1.54, 1.807) is 6.08 Å². The van der Waals surface area contributed by atoms with Crippen LogP contribution in [0.25, 0.3) is 6.08 Å². The van der Waals surface area contributed by atoms with Gasteiger partial charge in [-0.1, -0.05) is 0 Å². The van der Waals surface area contributed by atoms with E-state index in [0.29, 0.717) is 3.88 Å². The molecule has 3 aromatic rings. The third-order valence-corrected chi connectivity index (χ3v) is 12.6. The predicted molar refractivity (Wildman–Crippen MR) is 129 cm³/mol. The van der Waals surface area contributed by atoms with Crippen molar-refractivity contribution in [2.24, 2.45) is 4.99 Å². The van der Waals surface area contributed by atoms with Crippen LogP contribution in [0.1, 0.15) is 3.58 Å². The molecule has 2 amide bonds. The van der Waals surface area contributed by atoms with Crippen LogP contribution in [0.15, 0.2) is 71.2 Å². The number of carbonyl (C=O) groups is 2. The minimum atomic E-state index is -1.80. The Morgan fingerprint density at radius 3 is 2.19 bits per heavy atom. The van der Waals surface area contributed by atoms with E-state index < -0.39 is 34.4 Å². The molecule has 0 spiro atoms. The minimum absolute atomic E-state index is 0.117. The number of anilines is 3. The zero-order valence-electron chi connectivity index (χ0n) is 16.9.